The molecule has 6 nitrogen and oxygen atoms in total. The summed E-state index contributed by atoms with van der Waals surface area (Å²) in [5.74, 6) is -0.644. The molecule has 0 aliphatic carbocycles. The van der Waals surface area contributed by atoms with Crippen molar-refractivity contribution in [3.05, 3.63) is 69.1 Å². The zero-order chi connectivity index (χ0) is 20.3. The normalized spacial score (nSPS) is 15.4. The number of carbonyl (C=O) groups excluding carboxylic acids is 3. The number of benzene rings is 2. The second-order valence-corrected chi connectivity index (χ2v) is 7.60. The number of carbonyl (C=O) groups is 3. The Labute approximate surface area is 171 Å². The molecule has 0 atom stereocenters. The lowest BCUT2D eigenvalue weighted by Gasteiger charge is -2.12. The number of ether oxygens (including phenoxy) is 1. The summed E-state index contributed by atoms with van der Waals surface area (Å²) in [5.41, 5.74) is 7.63. The molecule has 3 amide bonds. The molecule has 0 radical (unpaired) electrons. The minimum atomic E-state index is -0.609. The Morgan fingerprint density at radius 3 is 2.71 bits per heavy atom. The smallest absolute Gasteiger partial charge is 0.293 e. The number of nitrogens with zero attached hydrogens (tertiary/aromatic N) is 1. The number of primary amides is 1. The fraction of sp³-hybridized carbons (Fsp3) is 0.150. The molecule has 1 aliphatic rings. The van der Waals surface area contributed by atoms with Crippen LogP contribution < -0.4 is 10.5 Å². The Morgan fingerprint density at radius 1 is 1.25 bits per heavy atom. The van der Waals surface area contributed by atoms with Crippen LogP contribution in [0.4, 0.5) is 4.79 Å². The number of imide groups is 1. The van der Waals surface area contributed by atoms with E-state index in [1.54, 1.807) is 24.3 Å². The minimum absolute atomic E-state index is 0.227. The first-order chi connectivity index (χ1) is 13.3. The van der Waals surface area contributed by atoms with Crippen LogP contribution in [0, 0.1) is 6.92 Å². The highest BCUT2D eigenvalue weighted by Crippen LogP contribution is 2.34. The van der Waals surface area contributed by atoms with Crippen LogP contribution >= 0.6 is 23.4 Å². The van der Waals surface area contributed by atoms with Gasteiger partial charge in [-0.3, -0.25) is 19.3 Å². The first kappa shape index (κ1) is 20.0. The van der Waals surface area contributed by atoms with Gasteiger partial charge in [0.05, 0.1) is 16.5 Å². The van der Waals surface area contributed by atoms with E-state index in [9.17, 15) is 14.4 Å². The van der Waals surface area contributed by atoms with Crippen LogP contribution in [-0.4, -0.2) is 28.6 Å². The summed E-state index contributed by atoms with van der Waals surface area (Å²) in [7, 11) is 0. The predicted molar refractivity (Wildman–Crippen MR) is 109 cm³/mol. The average Bonchev–Trinajstić information content (AvgIpc) is 2.88. The first-order valence-electron chi connectivity index (χ1n) is 8.35. The van der Waals surface area contributed by atoms with Crippen molar-refractivity contribution in [2.75, 3.05) is 6.61 Å². The van der Waals surface area contributed by atoms with Crippen LogP contribution in [0.2, 0.25) is 5.02 Å². The van der Waals surface area contributed by atoms with Gasteiger partial charge in [0.2, 0.25) is 0 Å². The van der Waals surface area contributed by atoms with Gasteiger partial charge in [-0.05, 0) is 48.0 Å². The van der Waals surface area contributed by atoms with Crippen molar-refractivity contribution in [2.45, 2.75) is 13.5 Å². The lowest BCUT2D eigenvalue weighted by Crippen LogP contribution is -2.27. The van der Waals surface area contributed by atoms with Crippen LogP contribution in [0.15, 0.2) is 47.4 Å². The van der Waals surface area contributed by atoms with Gasteiger partial charge >= 0.3 is 0 Å². The summed E-state index contributed by atoms with van der Waals surface area (Å²) in [6.45, 7) is 1.90. The summed E-state index contributed by atoms with van der Waals surface area (Å²) in [4.78, 5) is 37.3. The highest BCUT2D eigenvalue weighted by molar-refractivity contribution is 8.18. The Kier molecular flexibility index (Phi) is 6.06. The predicted octanol–water partition coefficient (Wildman–Crippen LogP) is 3.75. The van der Waals surface area contributed by atoms with E-state index < -0.39 is 5.91 Å². The van der Waals surface area contributed by atoms with Crippen molar-refractivity contribution in [1.82, 2.24) is 4.90 Å². The molecule has 0 bridgehead atoms. The van der Waals surface area contributed by atoms with Crippen molar-refractivity contribution >= 4 is 46.5 Å². The molecule has 3 rings (SSSR count). The van der Waals surface area contributed by atoms with E-state index in [2.05, 4.69) is 0 Å². The summed E-state index contributed by atoms with van der Waals surface area (Å²) in [6, 6.07) is 12.5. The lowest BCUT2D eigenvalue weighted by atomic mass is 10.1. The van der Waals surface area contributed by atoms with Gasteiger partial charge in [-0.2, -0.15) is 0 Å². The van der Waals surface area contributed by atoms with E-state index in [4.69, 9.17) is 22.1 Å². The van der Waals surface area contributed by atoms with Gasteiger partial charge in [0, 0.05) is 0 Å². The Bertz CT molecular complexity index is 990. The molecule has 28 heavy (non-hydrogen) atoms. The molecule has 8 heteroatoms. The molecule has 1 heterocycles. The van der Waals surface area contributed by atoms with Crippen molar-refractivity contribution in [3.63, 3.8) is 0 Å². The standard InChI is InChI=1S/C20H17ClN2O4S/c1-12-3-2-4-14(7-12)10-23-19(25)17(28-20(23)26)9-13-5-6-16(15(21)8-13)27-11-18(22)24/h2-9H,10-11H2,1H3,(H2,22,24)/b17-9-. The molecule has 0 aromatic heterocycles. The molecule has 2 aromatic carbocycles. The molecular weight excluding hydrogens is 400 g/mol. The second kappa shape index (κ2) is 8.50. The summed E-state index contributed by atoms with van der Waals surface area (Å²) in [5, 5.41) is -0.0424. The SMILES string of the molecule is Cc1cccc(CN2C(=O)S/C(=C\c3ccc(OCC(N)=O)c(Cl)c3)C2=O)c1. The molecule has 0 saturated carbocycles. The van der Waals surface area contributed by atoms with Crippen molar-refractivity contribution in [1.29, 1.82) is 0 Å². The summed E-state index contributed by atoms with van der Waals surface area (Å²) >= 11 is 7.03. The maximum Gasteiger partial charge on any atom is 0.293 e. The number of nitrogens with two attached hydrogens (primary N) is 1. The fourth-order valence-electron chi connectivity index (χ4n) is 2.65. The second-order valence-electron chi connectivity index (χ2n) is 6.20. The summed E-state index contributed by atoms with van der Waals surface area (Å²) < 4.78 is 5.19. The molecule has 1 fully saturated rings. The van der Waals surface area contributed by atoms with E-state index in [-0.39, 0.29) is 29.3 Å². The van der Waals surface area contributed by atoms with Crippen LogP contribution in [-0.2, 0) is 16.1 Å². The van der Waals surface area contributed by atoms with Crippen LogP contribution in [0.5, 0.6) is 5.75 Å². The third kappa shape index (κ3) is 4.74. The Morgan fingerprint density at radius 2 is 2.04 bits per heavy atom. The van der Waals surface area contributed by atoms with E-state index >= 15 is 0 Å². The Hall–Kier alpha value is -2.77. The fourth-order valence-corrected chi connectivity index (χ4v) is 3.74. The summed E-state index contributed by atoms with van der Waals surface area (Å²) in [6.07, 6.45) is 1.60. The maximum atomic E-state index is 12.6. The van der Waals surface area contributed by atoms with E-state index in [1.165, 1.54) is 4.90 Å². The number of halogens is 1. The zero-order valence-electron chi connectivity index (χ0n) is 15.0. The maximum absolute atomic E-state index is 12.6. The van der Waals surface area contributed by atoms with Crippen molar-refractivity contribution in [2.24, 2.45) is 5.73 Å². The van der Waals surface area contributed by atoms with Crippen LogP contribution in [0.3, 0.4) is 0 Å². The quantitative estimate of drug-likeness (QED) is 0.724. The van der Waals surface area contributed by atoms with Crippen molar-refractivity contribution in [3.8, 4) is 5.75 Å². The van der Waals surface area contributed by atoms with Crippen LogP contribution in [0.25, 0.3) is 6.08 Å². The van der Waals surface area contributed by atoms with Crippen molar-refractivity contribution < 1.29 is 19.1 Å². The third-order valence-electron chi connectivity index (χ3n) is 3.92. The zero-order valence-corrected chi connectivity index (χ0v) is 16.5. The number of rotatable bonds is 6. The highest BCUT2D eigenvalue weighted by atomic mass is 35.5. The number of hydrogen-bond acceptors (Lipinski definition) is 5. The van der Waals surface area contributed by atoms with Gasteiger partial charge in [-0.25, -0.2) is 0 Å². The minimum Gasteiger partial charge on any atom is -0.482 e. The van der Waals surface area contributed by atoms with Gasteiger partial charge < -0.3 is 10.5 Å². The molecule has 1 saturated heterocycles. The Balaban J connectivity index is 1.76. The molecule has 0 unspecified atom stereocenters. The topological polar surface area (TPSA) is 89.7 Å². The lowest BCUT2D eigenvalue weighted by molar-refractivity contribution is -0.123. The largest absolute Gasteiger partial charge is 0.482 e. The monoisotopic (exact) mass is 416 g/mol. The molecule has 2 N–H and O–H groups in total. The van der Waals surface area contributed by atoms with E-state index in [0.717, 1.165) is 22.9 Å². The van der Waals surface area contributed by atoms with Gasteiger partial charge in [-0.1, -0.05) is 47.5 Å². The van der Waals surface area contributed by atoms with Crippen LogP contribution in [0.1, 0.15) is 16.7 Å². The molecule has 1 aliphatic heterocycles. The van der Waals surface area contributed by atoms with Gasteiger partial charge in [0.15, 0.2) is 6.61 Å². The average molecular weight is 417 g/mol. The first-order valence-corrected chi connectivity index (χ1v) is 9.54. The number of amides is 3. The number of thioether (sulfide) groups is 1. The van der Waals surface area contributed by atoms with E-state index in [0.29, 0.717) is 16.2 Å². The van der Waals surface area contributed by atoms with Gasteiger partial charge in [-0.15, -0.1) is 0 Å². The van der Waals surface area contributed by atoms with E-state index in [1.807, 2.05) is 31.2 Å². The number of hydrogen-bond donors (Lipinski definition) is 1. The highest BCUT2D eigenvalue weighted by Gasteiger charge is 2.35. The molecular formula is C20H17ClN2O4S. The van der Waals surface area contributed by atoms with Gasteiger partial charge in [0.1, 0.15) is 5.75 Å². The number of aryl methyl sites for hydroxylation is 1. The molecule has 0 spiro atoms. The van der Waals surface area contributed by atoms with Gasteiger partial charge in [0.25, 0.3) is 17.1 Å². The molecule has 2 aromatic rings. The third-order valence-corrected chi connectivity index (χ3v) is 5.12. The molecule has 144 valence electrons.